The smallest absolute Gasteiger partial charge is 0.258 e. The summed E-state index contributed by atoms with van der Waals surface area (Å²) in [5.41, 5.74) is 0.822. The molecule has 0 spiro atoms. The second kappa shape index (κ2) is 9.39. The van der Waals surface area contributed by atoms with Crippen LogP contribution in [0.15, 0.2) is 42.6 Å². The first kappa shape index (κ1) is 17.6. The predicted molar refractivity (Wildman–Crippen MR) is 90.4 cm³/mol. The van der Waals surface area contributed by atoms with Crippen LogP contribution < -0.4 is 19.5 Å². The summed E-state index contributed by atoms with van der Waals surface area (Å²) in [5, 5.41) is 2.79. The predicted octanol–water partition coefficient (Wildman–Crippen LogP) is 2.57. The van der Waals surface area contributed by atoms with Crippen LogP contribution >= 0.6 is 0 Å². The number of nitrogens with zero attached hydrogens (tertiary/aromatic N) is 1. The van der Waals surface area contributed by atoms with E-state index in [2.05, 4.69) is 10.3 Å². The third kappa shape index (κ3) is 5.15. The van der Waals surface area contributed by atoms with Gasteiger partial charge in [-0.25, -0.2) is 4.98 Å². The summed E-state index contributed by atoms with van der Waals surface area (Å²) >= 11 is 0. The number of para-hydroxylation sites is 2. The quantitative estimate of drug-likeness (QED) is 0.765. The number of benzene rings is 1. The van der Waals surface area contributed by atoms with Gasteiger partial charge >= 0.3 is 0 Å². The Morgan fingerprint density at radius 2 is 1.71 bits per heavy atom. The third-order valence-corrected chi connectivity index (χ3v) is 3.11. The molecule has 0 radical (unpaired) electrons. The van der Waals surface area contributed by atoms with E-state index in [1.807, 2.05) is 32.0 Å². The van der Waals surface area contributed by atoms with E-state index in [0.717, 1.165) is 5.56 Å². The zero-order valence-electron chi connectivity index (χ0n) is 14.0. The van der Waals surface area contributed by atoms with Crippen LogP contribution in [0.3, 0.4) is 0 Å². The highest BCUT2D eigenvalue weighted by atomic mass is 16.5. The molecule has 24 heavy (non-hydrogen) atoms. The number of ether oxygens (including phenoxy) is 3. The van der Waals surface area contributed by atoms with Gasteiger partial charge in [-0.1, -0.05) is 18.2 Å². The van der Waals surface area contributed by atoms with Crippen LogP contribution in [-0.2, 0) is 11.3 Å². The van der Waals surface area contributed by atoms with Crippen LogP contribution in [0.2, 0.25) is 0 Å². The highest BCUT2D eigenvalue weighted by Gasteiger charge is 2.09. The first-order valence-electron chi connectivity index (χ1n) is 7.92. The van der Waals surface area contributed by atoms with E-state index >= 15 is 0 Å². The maximum Gasteiger partial charge on any atom is 0.258 e. The highest BCUT2D eigenvalue weighted by molar-refractivity contribution is 5.77. The molecule has 0 saturated carbocycles. The minimum Gasteiger partial charge on any atom is -0.490 e. The molecule has 1 amide bonds. The molecule has 1 aromatic heterocycles. The normalized spacial score (nSPS) is 10.1. The number of hydrogen-bond donors (Lipinski definition) is 1. The van der Waals surface area contributed by atoms with Crippen molar-refractivity contribution in [2.45, 2.75) is 20.4 Å². The van der Waals surface area contributed by atoms with Crippen molar-refractivity contribution in [1.29, 1.82) is 0 Å². The topological polar surface area (TPSA) is 69.7 Å². The van der Waals surface area contributed by atoms with Gasteiger partial charge in [-0.05, 0) is 32.0 Å². The van der Waals surface area contributed by atoms with Gasteiger partial charge in [0.05, 0.1) is 13.2 Å². The van der Waals surface area contributed by atoms with E-state index in [4.69, 9.17) is 14.2 Å². The van der Waals surface area contributed by atoms with E-state index in [9.17, 15) is 4.79 Å². The van der Waals surface area contributed by atoms with Crippen molar-refractivity contribution in [2.75, 3.05) is 19.8 Å². The molecule has 6 heteroatoms. The lowest BCUT2D eigenvalue weighted by Crippen LogP contribution is -2.28. The van der Waals surface area contributed by atoms with E-state index in [0.29, 0.717) is 37.1 Å². The molecule has 2 rings (SSSR count). The monoisotopic (exact) mass is 330 g/mol. The van der Waals surface area contributed by atoms with Crippen molar-refractivity contribution in [3.8, 4) is 17.4 Å². The maximum atomic E-state index is 12.0. The van der Waals surface area contributed by atoms with Crippen LogP contribution in [0.5, 0.6) is 17.4 Å². The molecule has 0 fully saturated rings. The number of carbonyl (C=O) groups excluding carboxylic acids is 1. The van der Waals surface area contributed by atoms with Crippen molar-refractivity contribution in [1.82, 2.24) is 10.3 Å². The molecule has 1 N–H and O–H groups in total. The van der Waals surface area contributed by atoms with E-state index in [-0.39, 0.29) is 12.5 Å². The summed E-state index contributed by atoms with van der Waals surface area (Å²) in [6, 6.07) is 10.9. The lowest BCUT2D eigenvalue weighted by atomic mass is 10.2. The highest BCUT2D eigenvalue weighted by Crippen LogP contribution is 2.26. The van der Waals surface area contributed by atoms with Gasteiger partial charge in [-0.3, -0.25) is 4.79 Å². The van der Waals surface area contributed by atoms with Crippen LogP contribution in [0, 0.1) is 0 Å². The minimum absolute atomic E-state index is 0.0890. The van der Waals surface area contributed by atoms with Crippen molar-refractivity contribution in [3.63, 3.8) is 0 Å². The summed E-state index contributed by atoms with van der Waals surface area (Å²) in [7, 11) is 0. The molecule has 0 aliphatic heterocycles. The zero-order chi connectivity index (χ0) is 17.2. The molecule has 6 nitrogen and oxygen atoms in total. The molecule has 1 heterocycles. The number of rotatable bonds is 9. The SMILES string of the molecule is CCOc1ccccc1OCC(=O)NCc1cccnc1OCC. The summed E-state index contributed by atoms with van der Waals surface area (Å²) in [5.74, 6) is 1.47. The molecular weight excluding hydrogens is 308 g/mol. The molecule has 0 bridgehead atoms. The molecular formula is C18H22N2O4. The number of aromatic nitrogens is 1. The average molecular weight is 330 g/mol. The fraction of sp³-hybridized carbons (Fsp3) is 0.333. The number of amides is 1. The van der Waals surface area contributed by atoms with Gasteiger partial charge < -0.3 is 19.5 Å². The Balaban J connectivity index is 1.86. The van der Waals surface area contributed by atoms with Gasteiger partial charge in [0.2, 0.25) is 5.88 Å². The number of pyridine rings is 1. The number of carbonyl (C=O) groups is 1. The van der Waals surface area contributed by atoms with Crippen LogP contribution in [-0.4, -0.2) is 30.7 Å². The summed E-state index contributed by atoms with van der Waals surface area (Å²) in [6.07, 6.45) is 1.66. The number of nitrogens with one attached hydrogen (secondary N) is 1. The Morgan fingerprint density at radius 1 is 1.00 bits per heavy atom. The van der Waals surface area contributed by atoms with Crippen LogP contribution in [0.25, 0.3) is 0 Å². The Hall–Kier alpha value is -2.76. The Bertz CT molecular complexity index is 605. The first-order chi connectivity index (χ1) is 11.7. The van der Waals surface area contributed by atoms with Gasteiger partial charge in [0.15, 0.2) is 18.1 Å². The van der Waals surface area contributed by atoms with Gasteiger partial charge in [0.25, 0.3) is 5.91 Å². The largest absolute Gasteiger partial charge is 0.490 e. The molecule has 0 aliphatic rings. The standard InChI is InChI=1S/C18H22N2O4/c1-3-22-15-9-5-6-10-16(15)24-13-17(21)20-12-14-8-7-11-19-18(14)23-4-2/h5-11H,3-4,12-13H2,1-2H3,(H,20,21). The van der Waals surface area contributed by atoms with Crippen LogP contribution in [0.4, 0.5) is 0 Å². The first-order valence-corrected chi connectivity index (χ1v) is 7.92. The molecule has 128 valence electrons. The van der Waals surface area contributed by atoms with Crippen LogP contribution in [0.1, 0.15) is 19.4 Å². The molecule has 2 aromatic rings. The maximum absolute atomic E-state index is 12.0. The lowest BCUT2D eigenvalue weighted by molar-refractivity contribution is -0.123. The van der Waals surface area contributed by atoms with Gasteiger partial charge in [0, 0.05) is 18.3 Å². The van der Waals surface area contributed by atoms with Crippen molar-refractivity contribution >= 4 is 5.91 Å². The molecule has 0 saturated heterocycles. The Kier molecular flexibility index (Phi) is 6.89. The number of hydrogen-bond acceptors (Lipinski definition) is 5. The molecule has 0 unspecified atom stereocenters. The molecule has 1 aromatic carbocycles. The van der Waals surface area contributed by atoms with E-state index in [1.165, 1.54) is 0 Å². The minimum atomic E-state index is -0.229. The summed E-state index contributed by atoms with van der Waals surface area (Å²) < 4.78 is 16.4. The Morgan fingerprint density at radius 3 is 2.42 bits per heavy atom. The average Bonchev–Trinajstić information content (AvgIpc) is 2.61. The fourth-order valence-electron chi connectivity index (χ4n) is 2.06. The van der Waals surface area contributed by atoms with Crippen molar-refractivity contribution in [2.24, 2.45) is 0 Å². The van der Waals surface area contributed by atoms with Crippen molar-refractivity contribution < 1.29 is 19.0 Å². The summed E-state index contributed by atoms with van der Waals surface area (Å²) in [6.45, 7) is 5.09. The Labute approximate surface area is 141 Å². The zero-order valence-corrected chi connectivity index (χ0v) is 14.0. The van der Waals surface area contributed by atoms with Gasteiger partial charge in [-0.15, -0.1) is 0 Å². The van der Waals surface area contributed by atoms with Crippen molar-refractivity contribution in [3.05, 3.63) is 48.2 Å². The fourth-order valence-corrected chi connectivity index (χ4v) is 2.06. The van der Waals surface area contributed by atoms with E-state index < -0.39 is 0 Å². The lowest BCUT2D eigenvalue weighted by Gasteiger charge is -2.12. The third-order valence-electron chi connectivity index (χ3n) is 3.11. The second-order valence-electron chi connectivity index (χ2n) is 4.85. The summed E-state index contributed by atoms with van der Waals surface area (Å²) in [4.78, 5) is 16.1. The van der Waals surface area contributed by atoms with E-state index in [1.54, 1.807) is 24.4 Å². The van der Waals surface area contributed by atoms with Gasteiger partial charge in [0.1, 0.15) is 0 Å². The second-order valence-corrected chi connectivity index (χ2v) is 4.85. The molecule has 0 atom stereocenters. The van der Waals surface area contributed by atoms with Gasteiger partial charge in [-0.2, -0.15) is 0 Å². The molecule has 0 aliphatic carbocycles.